The summed E-state index contributed by atoms with van der Waals surface area (Å²) in [7, 11) is 1.66. The summed E-state index contributed by atoms with van der Waals surface area (Å²) in [6.07, 6.45) is 1.71. The molecular formula is C24H19F5N6O2. The van der Waals surface area contributed by atoms with Gasteiger partial charge in [0.1, 0.15) is 29.3 Å². The topological polar surface area (TPSA) is 105 Å². The lowest BCUT2D eigenvalue weighted by Crippen LogP contribution is -2.26. The molecule has 3 N–H and O–H groups in total. The molecule has 1 aliphatic rings. The average molecular weight is 518 g/mol. The van der Waals surface area contributed by atoms with Crippen LogP contribution in [-0.4, -0.2) is 46.6 Å². The van der Waals surface area contributed by atoms with Crippen LogP contribution in [0.25, 0.3) is 22.4 Å². The molecule has 4 rings (SSSR count). The van der Waals surface area contributed by atoms with Gasteiger partial charge in [0.15, 0.2) is 5.65 Å². The van der Waals surface area contributed by atoms with Gasteiger partial charge in [0.2, 0.25) is 0 Å². The lowest BCUT2D eigenvalue weighted by molar-refractivity contribution is -0.115. The summed E-state index contributed by atoms with van der Waals surface area (Å²) in [5, 5.41) is 13.0. The highest BCUT2D eigenvalue weighted by molar-refractivity contribution is 6.12. The van der Waals surface area contributed by atoms with Crippen LogP contribution >= 0.6 is 0 Å². The number of benzene rings is 1. The Morgan fingerprint density at radius 3 is 2.49 bits per heavy atom. The monoisotopic (exact) mass is 518 g/mol. The van der Waals surface area contributed by atoms with E-state index in [9.17, 15) is 26.7 Å². The summed E-state index contributed by atoms with van der Waals surface area (Å²) in [4.78, 5) is 22.2. The molecule has 0 saturated heterocycles. The molecule has 2 aromatic heterocycles. The van der Waals surface area contributed by atoms with Crippen molar-refractivity contribution >= 4 is 28.3 Å². The van der Waals surface area contributed by atoms with Crippen LogP contribution in [0.15, 0.2) is 71.2 Å². The van der Waals surface area contributed by atoms with E-state index in [-0.39, 0.29) is 39.8 Å². The molecule has 0 radical (unpaired) electrons. The zero-order chi connectivity index (χ0) is 26.7. The molecular weight excluding hydrogens is 499 g/mol. The first kappa shape index (κ1) is 25.5. The van der Waals surface area contributed by atoms with E-state index in [0.717, 1.165) is 4.57 Å². The third-order valence-electron chi connectivity index (χ3n) is 5.12. The van der Waals surface area contributed by atoms with Gasteiger partial charge in [-0.05, 0) is 48.6 Å². The third kappa shape index (κ3) is 5.82. The summed E-state index contributed by atoms with van der Waals surface area (Å²) in [6, 6.07) is 7.83. The van der Waals surface area contributed by atoms with E-state index in [1.165, 1.54) is 42.5 Å². The van der Waals surface area contributed by atoms with E-state index in [1.54, 1.807) is 25.4 Å². The van der Waals surface area contributed by atoms with Crippen LogP contribution in [0.2, 0.25) is 0 Å². The van der Waals surface area contributed by atoms with Gasteiger partial charge in [-0.15, -0.1) is 0 Å². The molecule has 1 aliphatic carbocycles. The Labute approximate surface area is 206 Å². The highest BCUT2D eigenvalue weighted by Crippen LogP contribution is 2.25. The van der Waals surface area contributed by atoms with Gasteiger partial charge in [0.25, 0.3) is 5.56 Å². The fourth-order valence-corrected chi connectivity index (χ4v) is 3.54. The first-order valence-electron chi connectivity index (χ1n) is 10.7. The van der Waals surface area contributed by atoms with Crippen molar-refractivity contribution in [2.45, 2.75) is 12.8 Å². The number of halogens is 5. The molecule has 0 spiro atoms. The van der Waals surface area contributed by atoms with Crippen molar-refractivity contribution in [1.82, 2.24) is 19.9 Å². The van der Waals surface area contributed by atoms with Crippen molar-refractivity contribution in [3.63, 3.8) is 0 Å². The summed E-state index contributed by atoms with van der Waals surface area (Å²) in [6.45, 7) is -4.39. The second kappa shape index (κ2) is 10.2. The summed E-state index contributed by atoms with van der Waals surface area (Å²) in [5.74, 6) is -0.293. The summed E-state index contributed by atoms with van der Waals surface area (Å²) < 4.78 is 68.7. The van der Waals surface area contributed by atoms with E-state index < -0.39 is 24.9 Å². The second-order valence-electron chi connectivity index (χ2n) is 7.72. The average Bonchev–Trinajstić information content (AvgIpc) is 2.84. The Morgan fingerprint density at radius 1 is 1.11 bits per heavy atom. The molecule has 0 amide bonds. The number of alkyl halides is 5. The van der Waals surface area contributed by atoms with Crippen LogP contribution in [-0.2, 0) is 0 Å². The van der Waals surface area contributed by atoms with Crippen LogP contribution < -0.4 is 20.9 Å². The minimum Gasteiger partial charge on any atom is -0.435 e. The van der Waals surface area contributed by atoms with E-state index >= 15 is 0 Å². The smallest absolute Gasteiger partial charge is 0.405 e. The number of nitrogens with zero attached hydrogens (tertiary/aromatic N) is 3. The van der Waals surface area contributed by atoms with Gasteiger partial charge >= 0.3 is 12.8 Å². The summed E-state index contributed by atoms with van der Waals surface area (Å²) in [5.41, 5.74) is 0.737. The Bertz CT molecular complexity index is 1490. The molecule has 192 valence electrons. The molecule has 2 heterocycles. The van der Waals surface area contributed by atoms with Gasteiger partial charge in [0.05, 0.1) is 11.4 Å². The Balaban J connectivity index is 1.91. The second-order valence-corrected chi connectivity index (χ2v) is 7.72. The SMILES string of the molecule is CN/C=C1/C=C(c2nc3ccc(NCC(F)(F)F)nc3n(-c3ccc(OC(F)F)cc3)c2=O)C=CC1=N. The van der Waals surface area contributed by atoms with Crippen LogP contribution in [0.1, 0.15) is 5.69 Å². The highest BCUT2D eigenvalue weighted by Gasteiger charge is 2.27. The van der Waals surface area contributed by atoms with Crippen molar-refractivity contribution in [1.29, 1.82) is 5.41 Å². The van der Waals surface area contributed by atoms with Gasteiger partial charge in [-0.3, -0.25) is 9.36 Å². The van der Waals surface area contributed by atoms with Crippen molar-refractivity contribution in [3.05, 3.63) is 82.4 Å². The number of aromatic nitrogens is 3. The molecule has 0 unspecified atom stereocenters. The lowest BCUT2D eigenvalue weighted by Gasteiger charge is -2.16. The standard InChI is InChI=1S/C24H19F5N6O2/c1-31-11-14-10-13(2-7-17(14)30)20-22(36)35(15-3-5-16(6-4-15)37-23(25)26)21-18(33-20)8-9-19(34-21)32-12-24(27,28)29/h2-11,23,30-31H,12H2,1H3,(H,32,34)/b14-11-,30-17?. The van der Waals surface area contributed by atoms with Crippen LogP contribution in [0.4, 0.5) is 27.8 Å². The summed E-state index contributed by atoms with van der Waals surface area (Å²) >= 11 is 0. The van der Waals surface area contributed by atoms with E-state index in [0.29, 0.717) is 11.1 Å². The van der Waals surface area contributed by atoms with E-state index in [1.807, 2.05) is 0 Å². The van der Waals surface area contributed by atoms with Crippen molar-refractivity contribution < 1.29 is 26.7 Å². The minimum atomic E-state index is -4.50. The fraction of sp³-hybridized carbons (Fsp3) is 0.167. The Kier molecular flexibility index (Phi) is 7.05. The van der Waals surface area contributed by atoms with E-state index in [4.69, 9.17) is 5.41 Å². The number of hydrogen-bond donors (Lipinski definition) is 3. The number of ether oxygens (including phenoxy) is 1. The lowest BCUT2D eigenvalue weighted by atomic mass is 9.99. The molecule has 3 aromatic rings. The van der Waals surface area contributed by atoms with Gasteiger partial charge in [-0.25, -0.2) is 9.97 Å². The Hall–Kier alpha value is -4.55. The first-order valence-corrected chi connectivity index (χ1v) is 10.7. The molecule has 8 nitrogen and oxygen atoms in total. The van der Waals surface area contributed by atoms with Crippen LogP contribution in [0.3, 0.4) is 0 Å². The number of pyridine rings is 1. The van der Waals surface area contributed by atoms with Gasteiger partial charge < -0.3 is 20.8 Å². The molecule has 37 heavy (non-hydrogen) atoms. The quantitative estimate of drug-likeness (QED) is 0.400. The van der Waals surface area contributed by atoms with Crippen molar-refractivity contribution in [2.24, 2.45) is 0 Å². The molecule has 0 saturated carbocycles. The van der Waals surface area contributed by atoms with Crippen molar-refractivity contribution in [2.75, 3.05) is 18.9 Å². The number of allylic oxidation sites excluding steroid dienone is 5. The van der Waals surface area contributed by atoms with Crippen molar-refractivity contribution in [3.8, 4) is 11.4 Å². The maximum atomic E-state index is 13.7. The van der Waals surface area contributed by atoms with Crippen LogP contribution in [0, 0.1) is 5.41 Å². The number of rotatable bonds is 7. The molecule has 0 bridgehead atoms. The highest BCUT2D eigenvalue weighted by atomic mass is 19.4. The first-order chi connectivity index (χ1) is 17.6. The Morgan fingerprint density at radius 2 is 1.84 bits per heavy atom. The molecule has 0 fully saturated rings. The van der Waals surface area contributed by atoms with Gasteiger partial charge in [-0.1, -0.05) is 6.08 Å². The van der Waals surface area contributed by atoms with E-state index in [2.05, 4.69) is 25.3 Å². The van der Waals surface area contributed by atoms with Gasteiger partial charge in [-0.2, -0.15) is 22.0 Å². The minimum absolute atomic E-state index is 0.0102. The number of anilines is 1. The number of hydrogen-bond acceptors (Lipinski definition) is 7. The van der Waals surface area contributed by atoms with Gasteiger partial charge in [0, 0.05) is 24.4 Å². The fourth-order valence-electron chi connectivity index (χ4n) is 3.54. The maximum Gasteiger partial charge on any atom is 0.405 e. The zero-order valence-corrected chi connectivity index (χ0v) is 19.1. The molecule has 13 heteroatoms. The predicted molar refractivity (Wildman–Crippen MR) is 128 cm³/mol. The molecule has 0 aliphatic heterocycles. The molecule has 0 atom stereocenters. The predicted octanol–water partition coefficient (Wildman–Crippen LogP) is 4.43. The third-order valence-corrected chi connectivity index (χ3v) is 5.12. The largest absolute Gasteiger partial charge is 0.435 e. The van der Waals surface area contributed by atoms with Crippen LogP contribution in [0.5, 0.6) is 5.75 Å². The normalized spacial score (nSPS) is 14.8. The molecule has 1 aromatic carbocycles. The maximum absolute atomic E-state index is 13.7. The number of fused-ring (bicyclic) bond motifs is 1. The number of nitrogens with one attached hydrogen (secondary N) is 3. The zero-order valence-electron chi connectivity index (χ0n) is 19.1.